The van der Waals surface area contributed by atoms with Crippen LogP contribution in [0.2, 0.25) is 0 Å². The molecule has 0 fully saturated rings. The van der Waals surface area contributed by atoms with E-state index >= 15 is 0 Å². The summed E-state index contributed by atoms with van der Waals surface area (Å²) >= 11 is 0. The van der Waals surface area contributed by atoms with Gasteiger partial charge in [0.25, 0.3) is 0 Å². The standard InChI is InChI=1S/C15H11N3.2C2H6O.Lu.3NO3.H2O/c1-3-10-16-12(6-1)14-8-5-9-15(18-14)13-7-2-4-11-17-13;2*1-2-3;;3*2-1(3)4;/h1-11H;2*3H,2H2,1H3;;;;;1H2/q;;;+3;3*-1;/p+1. The van der Waals surface area contributed by atoms with Crippen LogP contribution >= 0.6 is 0 Å². The summed E-state index contributed by atoms with van der Waals surface area (Å²) in [7, 11) is 0. The van der Waals surface area contributed by atoms with E-state index in [-0.39, 0.29) is 55.6 Å². The first-order valence-electron chi connectivity index (χ1n) is 9.42. The van der Waals surface area contributed by atoms with E-state index in [0.29, 0.717) is 0 Å². The summed E-state index contributed by atoms with van der Waals surface area (Å²) in [6.07, 6.45) is 3.54. The van der Waals surface area contributed by atoms with Crippen LogP contribution in [0.1, 0.15) is 13.8 Å². The molecule has 0 spiro atoms. The summed E-state index contributed by atoms with van der Waals surface area (Å²) in [4.78, 5) is 37.9. The fraction of sp³-hybridized carbons (Fsp3) is 0.211. The molecule has 19 heteroatoms. The average molecular weight is 705 g/mol. The third-order valence-electron chi connectivity index (χ3n) is 2.60. The maximum atomic E-state index is 8.25. The van der Waals surface area contributed by atoms with Crippen molar-refractivity contribution in [1.82, 2.24) is 15.0 Å². The number of rotatable bonds is 2. The first-order chi connectivity index (χ1) is 17.0. The number of nitrogens with zero attached hydrogens (tertiary/aromatic N) is 6. The fourth-order valence-electron chi connectivity index (χ4n) is 1.75. The SMILES string of the molecule is CCO.CCO.O=[N+]([O-])[O-].O=[N+]([O-])[O-].O=[N+]([O-])[O-].[Lu+3].[OH3+].c1ccc(-c2cccc(-c3ccccn3)n2)nc1. The number of hydrogen-bond donors (Lipinski definition) is 2. The Kier molecular flexibility index (Phi) is 36.3. The van der Waals surface area contributed by atoms with E-state index in [2.05, 4.69) is 15.0 Å². The summed E-state index contributed by atoms with van der Waals surface area (Å²) in [5, 5.41) is 59.4. The number of pyridine rings is 3. The molecular formula is C19H26LuN6O12+. The van der Waals surface area contributed by atoms with Crippen LogP contribution in [0.15, 0.2) is 67.0 Å². The van der Waals surface area contributed by atoms with Crippen molar-refractivity contribution >= 4 is 0 Å². The number of aliphatic hydroxyl groups excluding tert-OH is 2. The van der Waals surface area contributed by atoms with Gasteiger partial charge in [-0.15, -0.1) is 0 Å². The van der Waals surface area contributed by atoms with Crippen molar-refractivity contribution in [3.8, 4) is 22.8 Å². The zero-order valence-corrected chi connectivity index (χ0v) is 21.5. The van der Waals surface area contributed by atoms with Crippen LogP contribution in [0.4, 0.5) is 0 Å². The Balaban J connectivity index is -0.000000152. The zero-order valence-electron chi connectivity index (χ0n) is 19.9. The van der Waals surface area contributed by atoms with Crippen LogP contribution in [-0.4, -0.2) is 53.6 Å². The topological polar surface area (TPSA) is 311 Å². The molecule has 0 aliphatic carbocycles. The number of aliphatic hydroxyl groups is 2. The first kappa shape index (κ1) is 44.2. The number of aromatic nitrogens is 3. The normalized spacial score (nSPS) is 7.68. The van der Waals surface area contributed by atoms with E-state index in [9.17, 15) is 0 Å². The van der Waals surface area contributed by atoms with Gasteiger partial charge in [-0.1, -0.05) is 18.2 Å². The Morgan fingerprint density at radius 3 is 1.05 bits per heavy atom. The summed E-state index contributed by atoms with van der Waals surface area (Å²) in [6.45, 7) is 3.86. The molecule has 38 heavy (non-hydrogen) atoms. The van der Waals surface area contributed by atoms with Crippen LogP contribution in [-0.2, 0) is 5.48 Å². The molecule has 0 aliphatic rings. The Morgan fingerprint density at radius 1 is 0.605 bits per heavy atom. The fourth-order valence-corrected chi connectivity index (χ4v) is 1.75. The molecule has 0 saturated carbocycles. The van der Waals surface area contributed by atoms with Gasteiger partial charge in [0.2, 0.25) is 0 Å². The number of hydrogen-bond acceptors (Lipinski definition) is 14. The van der Waals surface area contributed by atoms with Crippen molar-refractivity contribution in [3.63, 3.8) is 0 Å². The van der Waals surface area contributed by atoms with Gasteiger partial charge >= 0.3 is 36.9 Å². The molecule has 3 aromatic heterocycles. The summed E-state index contributed by atoms with van der Waals surface area (Å²) < 4.78 is 0. The van der Waals surface area contributed by atoms with Gasteiger partial charge in [-0.2, -0.15) is 0 Å². The van der Waals surface area contributed by atoms with Crippen molar-refractivity contribution in [2.45, 2.75) is 13.8 Å². The van der Waals surface area contributed by atoms with Gasteiger partial charge in [-0.25, -0.2) is 4.98 Å². The van der Waals surface area contributed by atoms with Gasteiger partial charge in [0.15, 0.2) is 0 Å². The van der Waals surface area contributed by atoms with E-state index in [1.807, 2.05) is 54.6 Å². The van der Waals surface area contributed by atoms with Crippen LogP contribution in [0, 0.1) is 82.8 Å². The van der Waals surface area contributed by atoms with Crippen LogP contribution in [0.25, 0.3) is 22.8 Å². The summed E-state index contributed by atoms with van der Waals surface area (Å²) in [5.74, 6) is 0. The van der Waals surface area contributed by atoms with Crippen molar-refractivity contribution in [2.24, 2.45) is 0 Å². The molecule has 0 aromatic carbocycles. The van der Waals surface area contributed by atoms with Gasteiger partial charge in [0.1, 0.15) is 0 Å². The van der Waals surface area contributed by atoms with Gasteiger partial charge < -0.3 is 61.7 Å². The van der Waals surface area contributed by atoms with E-state index < -0.39 is 15.3 Å². The van der Waals surface area contributed by atoms with Crippen LogP contribution in [0.3, 0.4) is 0 Å². The molecule has 0 amide bonds. The molecule has 3 heterocycles. The second-order valence-electron chi connectivity index (χ2n) is 5.14. The van der Waals surface area contributed by atoms with Crippen molar-refractivity contribution in [3.05, 3.63) is 113 Å². The maximum absolute atomic E-state index is 8.25. The van der Waals surface area contributed by atoms with Gasteiger partial charge in [0, 0.05) is 25.6 Å². The second kappa shape index (κ2) is 31.2. The quantitative estimate of drug-likeness (QED) is 0.217. The predicted molar refractivity (Wildman–Crippen MR) is 132 cm³/mol. The van der Waals surface area contributed by atoms with Gasteiger partial charge in [-0.05, 0) is 50.2 Å². The molecule has 0 radical (unpaired) electrons. The maximum Gasteiger partial charge on any atom is 3.00 e. The second-order valence-corrected chi connectivity index (χ2v) is 5.14. The van der Waals surface area contributed by atoms with Crippen LogP contribution in [0.5, 0.6) is 0 Å². The largest absolute Gasteiger partial charge is 3.00 e. The van der Waals surface area contributed by atoms with E-state index in [1.165, 1.54) is 0 Å². The Hall–Kier alpha value is -3.84. The minimum atomic E-state index is -1.75. The summed E-state index contributed by atoms with van der Waals surface area (Å²) in [5.41, 5.74) is 3.46. The van der Waals surface area contributed by atoms with Gasteiger partial charge in [0.05, 0.1) is 38.0 Å². The zero-order chi connectivity index (χ0) is 28.4. The minimum absolute atomic E-state index is 0. The average Bonchev–Trinajstić information content (AvgIpc) is 2.80. The molecule has 18 nitrogen and oxygen atoms in total. The molecule has 218 valence electrons. The van der Waals surface area contributed by atoms with Gasteiger partial charge in [-0.3, -0.25) is 9.97 Å². The molecule has 0 unspecified atom stereocenters. The van der Waals surface area contributed by atoms with Crippen LogP contribution < -0.4 is 0 Å². The van der Waals surface area contributed by atoms with E-state index in [1.54, 1.807) is 26.2 Å². The molecule has 0 bridgehead atoms. The molecule has 0 atom stereocenters. The smallest absolute Gasteiger partial charge is 0.457 e. The van der Waals surface area contributed by atoms with Crippen molar-refractivity contribution in [2.75, 3.05) is 13.2 Å². The molecule has 0 saturated heterocycles. The van der Waals surface area contributed by atoms with Crippen molar-refractivity contribution < 1.29 is 67.8 Å². The van der Waals surface area contributed by atoms with Crippen molar-refractivity contribution in [1.29, 1.82) is 0 Å². The van der Waals surface area contributed by atoms with E-state index in [4.69, 9.17) is 56.2 Å². The Labute approximate surface area is 244 Å². The minimum Gasteiger partial charge on any atom is -0.457 e. The third-order valence-corrected chi connectivity index (χ3v) is 2.60. The first-order valence-corrected chi connectivity index (χ1v) is 9.42. The third kappa shape index (κ3) is 34.3. The molecule has 3 aromatic rings. The Morgan fingerprint density at radius 2 is 0.842 bits per heavy atom. The molecular weight excluding hydrogens is 679 g/mol. The molecule has 5 N–H and O–H groups in total. The molecule has 0 aliphatic heterocycles. The predicted octanol–water partition coefficient (Wildman–Crippen LogP) is 1.56. The summed E-state index contributed by atoms with van der Waals surface area (Å²) in [6, 6.07) is 17.5. The monoisotopic (exact) mass is 705 g/mol. The molecule has 3 rings (SSSR count). The Bertz CT molecular complexity index is 877. The van der Waals surface area contributed by atoms with E-state index in [0.717, 1.165) is 22.8 Å².